The zero-order valence-electron chi connectivity index (χ0n) is 11.7. The number of aryl methyl sites for hydroxylation is 1. The minimum Gasteiger partial charge on any atom is -0.482 e. The highest BCUT2D eigenvalue weighted by Gasteiger charge is 2.13. The summed E-state index contributed by atoms with van der Waals surface area (Å²) in [5, 5.41) is 3.04. The van der Waals surface area contributed by atoms with E-state index in [-0.39, 0.29) is 5.56 Å². The van der Waals surface area contributed by atoms with Gasteiger partial charge >= 0.3 is 5.56 Å². The van der Waals surface area contributed by atoms with Crippen LogP contribution in [0.4, 0.5) is 0 Å². The molecule has 4 nitrogen and oxygen atoms in total. The first-order valence-corrected chi connectivity index (χ1v) is 6.79. The zero-order valence-corrected chi connectivity index (χ0v) is 11.7. The Labute approximate surface area is 122 Å². The van der Waals surface area contributed by atoms with Crippen LogP contribution < -0.4 is 10.3 Å². The van der Waals surface area contributed by atoms with Crippen molar-refractivity contribution in [3.05, 3.63) is 82.3 Å². The second-order valence-electron chi connectivity index (χ2n) is 4.82. The van der Waals surface area contributed by atoms with Gasteiger partial charge in [0, 0.05) is 0 Å². The minimum atomic E-state index is -0.172. The second-order valence-corrected chi connectivity index (χ2v) is 4.82. The van der Waals surface area contributed by atoms with Gasteiger partial charge in [0.1, 0.15) is 6.61 Å². The topological polar surface area (TPSA) is 47.0 Å². The van der Waals surface area contributed by atoms with E-state index in [2.05, 4.69) is 5.10 Å². The molecule has 21 heavy (non-hydrogen) atoms. The Bertz CT molecular complexity index is 774. The summed E-state index contributed by atoms with van der Waals surface area (Å²) in [5.41, 5.74) is 2.37. The molecule has 0 aliphatic carbocycles. The minimum absolute atomic E-state index is 0.172. The monoisotopic (exact) mass is 280 g/mol. The van der Waals surface area contributed by atoms with Crippen molar-refractivity contribution in [2.24, 2.45) is 0 Å². The zero-order chi connectivity index (χ0) is 14.7. The van der Waals surface area contributed by atoms with Crippen LogP contribution in [0.15, 0.2) is 65.5 Å². The van der Waals surface area contributed by atoms with E-state index in [1.807, 2.05) is 67.6 Å². The third kappa shape index (κ3) is 2.74. The lowest BCUT2D eigenvalue weighted by atomic mass is 10.2. The van der Waals surface area contributed by atoms with Gasteiger partial charge in [-0.05, 0) is 24.6 Å². The molecule has 1 N–H and O–H groups in total. The van der Waals surface area contributed by atoms with Crippen LogP contribution >= 0.6 is 0 Å². The number of benzene rings is 2. The molecule has 4 heteroatoms. The SMILES string of the molecule is Cc1[nH]n(-c2ccccc2)c(=O)c1OCc1ccccc1. The van der Waals surface area contributed by atoms with Crippen molar-refractivity contribution >= 4 is 0 Å². The molecule has 0 amide bonds. The van der Waals surface area contributed by atoms with Crippen molar-refractivity contribution in [1.82, 2.24) is 9.78 Å². The summed E-state index contributed by atoms with van der Waals surface area (Å²) in [6.07, 6.45) is 0. The molecule has 1 aromatic heterocycles. The first-order chi connectivity index (χ1) is 10.3. The van der Waals surface area contributed by atoms with Gasteiger partial charge in [-0.2, -0.15) is 0 Å². The van der Waals surface area contributed by atoms with E-state index in [0.717, 1.165) is 16.9 Å². The molecule has 3 aromatic rings. The molecule has 0 radical (unpaired) electrons. The molecule has 0 saturated carbocycles. The van der Waals surface area contributed by atoms with E-state index in [1.54, 1.807) is 0 Å². The van der Waals surface area contributed by atoms with E-state index < -0.39 is 0 Å². The number of hydrogen-bond acceptors (Lipinski definition) is 2. The van der Waals surface area contributed by atoms with Gasteiger partial charge < -0.3 is 4.74 Å². The molecule has 1 heterocycles. The van der Waals surface area contributed by atoms with Gasteiger partial charge in [-0.25, -0.2) is 4.68 Å². The molecule has 3 rings (SSSR count). The number of H-pyrrole nitrogens is 1. The highest BCUT2D eigenvalue weighted by Crippen LogP contribution is 2.14. The van der Waals surface area contributed by atoms with Crippen molar-refractivity contribution in [2.45, 2.75) is 13.5 Å². The molecule has 0 spiro atoms. The third-order valence-corrected chi connectivity index (χ3v) is 3.26. The Hall–Kier alpha value is -2.75. The van der Waals surface area contributed by atoms with Gasteiger partial charge in [0.25, 0.3) is 0 Å². The Kier molecular flexibility index (Phi) is 3.60. The maximum Gasteiger partial charge on any atom is 0.313 e. The fourth-order valence-electron chi connectivity index (χ4n) is 2.19. The number of para-hydroxylation sites is 1. The number of rotatable bonds is 4. The van der Waals surface area contributed by atoms with E-state index in [1.165, 1.54) is 4.68 Å². The smallest absolute Gasteiger partial charge is 0.313 e. The Morgan fingerprint density at radius 3 is 2.29 bits per heavy atom. The maximum atomic E-state index is 12.4. The largest absolute Gasteiger partial charge is 0.482 e. The highest BCUT2D eigenvalue weighted by molar-refractivity contribution is 5.35. The van der Waals surface area contributed by atoms with Crippen molar-refractivity contribution in [3.63, 3.8) is 0 Å². The first-order valence-electron chi connectivity index (χ1n) is 6.79. The van der Waals surface area contributed by atoms with Gasteiger partial charge in [0.15, 0.2) is 0 Å². The molecular weight excluding hydrogens is 264 g/mol. The Morgan fingerprint density at radius 1 is 1.00 bits per heavy atom. The second kappa shape index (κ2) is 5.71. The number of ether oxygens (including phenoxy) is 1. The quantitative estimate of drug-likeness (QED) is 0.798. The van der Waals surface area contributed by atoms with Crippen LogP contribution in [0.1, 0.15) is 11.3 Å². The number of hydrogen-bond donors (Lipinski definition) is 1. The molecule has 0 atom stereocenters. The summed E-state index contributed by atoms with van der Waals surface area (Å²) < 4.78 is 7.19. The fourth-order valence-corrected chi connectivity index (χ4v) is 2.19. The molecular formula is C17H16N2O2. The predicted octanol–water partition coefficient (Wildman–Crippen LogP) is 3.05. The van der Waals surface area contributed by atoms with Crippen LogP contribution in [0, 0.1) is 6.92 Å². The number of aromatic amines is 1. The van der Waals surface area contributed by atoms with Crippen LogP contribution in [-0.2, 0) is 6.61 Å². The molecule has 2 aromatic carbocycles. The van der Waals surface area contributed by atoms with Gasteiger partial charge in [-0.1, -0.05) is 48.5 Å². The summed E-state index contributed by atoms with van der Waals surface area (Å²) in [4.78, 5) is 12.4. The molecule has 0 aliphatic heterocycles. The van der Waals surface area contributed by atoms with Crippen molar-refractivity contribution in [2.75, 3.05) is 0 Å². The summed E-state index contributed by atoms with van der Waals surface area (Å²) in [6, 6.07) is 19.2. The summed E-state index contributed by atoms with van der Waals surface area (Å²) >= 11 is 0. The molecule has 0 unspecified atom stereocenters. The van der Waals surface area contributed by atoms with E-state index in [9.17, 15) is 4.79 Å². The van der Waals surface area contributed by atoms with Crippen molar-refractivity contribution in [3.8, 4) is 11.4 Å². The number of nitrogens with one attached hydrogen (secondary N) is 1. The molecule has 0 aliphatic rings. The van der Waals surface area contributed by atoms with Crippen LogP contribution in [-0.4, -0.2) is 9.78 Å². The van der Waals surface area contributed by atoms with E-state index >= 15 is 0 Å². The lowest BCUT2D eigenvalue weighted by Gasteiger charge is -2.03. The average Bonchev–Trinajstić information content (AvgIpc) is 2.82. The Morgan fingerprint density at radius 2 is 1.62 bits per heavy atom. The van der Waals surface area contributed by atoms with Gasteiger partial charge in [-0.3, -0.25) is 9.89 Å². The van der Waals surface area contributed by atoms with Crippen LogP contribution in [0.2, 0.25) is 0 Å². The van der Waals surface area contributed by atoms with Gasteiger partial charge in [-0.15, -0.1) is 0 Å². The lowest BCUT2D eigenvalue weighted by molar-refractivity contribution is 0.301. The lowest BCUT2D eigenvalue weighted by Crippen LogP contribution is -2.16. The Balaban J connectivity index is 1.87. The normalized spacial score (nSPS) is 10.5. The summed E-state index contributed by atoms with van der Waals surface area (Å²) in [7, 11) is 0. The first kappa shape index (κ1) is 13.2. The molecule has 0 bridgehead atoms. The number of nitrogens with zero attached hydrogens (tertiary/aromatic N) is 1. The van der Waals surface area contributed by atoms with Crippen LogP contribution in [0.25, 0.3) is 5.69 Å². The molecule has 106 valence electrons. The predicted molar refractivity (Wildman–Crippen MR) is 81.9 cm³/mol. The van der Waals surface area contributed by atoms with Crippen molar-refractivity contribution < 1.29 is 4.74 Å². The standard InChI is InChI=1S/C17H16N2O2/c1-13-16(21-12-14-8-4-2-5-9-14)17(20)19(18-13)15-10-6-3-7-11-15/h2-11,18H,12H2,1H3. The van der Waals surface area contributed by atoms with Crippen molar-refractivity contribution in [1.29, 1.82) is 0 Å². The summed E-state index contributed by atoms with van der Waals surface area (Å²) in [5.74, 6) is 0.364. The van der Waals surface area contributed by atoms with Gasteiger partial charge in [0.05, 0.1) is 11.4 Å². The van der Waals surface area contributed by atoms with E-state index in [4.69, 9.17) is 4.74 Å². The highest BCUT2D eigenvalue weighted by atomic mass is 16.5. The third-order valence-electron chi connectivity index (χ3n) is 3.26. The van der Waals surface area contributed by atoms with Gasteiger partial charge in [0.2, 0.25) is 5.75 Å². The molecule has 0 saturated heterocycles. The van der Waals surface area contributed by atoms with Crippen LogP contribution in [0.3, 0.4) is 0 Å². The number of aromatic nitrogens is 2. The fraction of sp³-hybridized carbons (Fsp3) is 0.118. The molecule has 0 fully saturated rings. The van der Waals surface area contributed by atoms with Crippen LogP contribution in [0.5, 0.6) is 5.75 Å². The summed E-state index contributed by atoms with van der Waals surface area (Å²) in [6.45, 7) is 2.21. The average molecular weight is 280 g/mol. The maximum absolute atomic E-state index is 12.4. The van der Waals surface area contributed by atoms with E-state index in [0.29, 0.717) is 12.4 Å².